The third-order valence-electron chi connectivity index (χ3n) is 6.26. The Kier molecular flexibility index (Phi) is 5.30. The van der Waals surface area contributed by atoms with Crippen molar-refractivity contribution in [3.05, 3.63) is 47.4 Å². The molecule has 3 atom stereocenters. The first-order valence-corrected chi connectivity index (χ1v) is 14.5. The van der Waals surface area contributed by atoms with Crippen LogP contribution in [-0.2, 0) is 23.4 Å². The van der Waals surface area contributed by atoms with Crippen LogP contribution in [0.4, 0.5) is 0 Å². The van der Waals surface area contributed by atoms with E-state index >= 15 is 0 Å². The van der Waals surface area contributed by atoms with E-state index in [0.717, 1.165) is 18.4 Å². The maximum atomic E-state index is 13.2. The zero-order chi connectivity index (χ0) is 21.7. The molecule has 6 heteroatoms. The van der Waals surface area contributed by atoms with Crippen molar-refractivity contribution in [2.45, 2.75) is 83.6 Å². The van der Waals surface area contributed by atoms with Gasteiger partial charge < -0.3 is 18.6 Å². The molecule has 1 aliphatic carbocycles. The van der Waals surface area contributed by atoms with Crippen LogP contribution in [0.3, 0.4) is 0 Å². The summed E-state index contributed by atoms with van der Waals surface area (Å²) in [6.45, 7) is 12.0. The van der Waals surface area contributed by atoms with E-state index in [1.54, 1.807) is 13.8 Å². The van der Waals surface area contributed by atoms with Gasteiger partial charge in [-0.2, -0.15) is 0 Å². The van der Waals surface area contributed by atoms with E-state index < -0.39 is 19.9 Å². The van der Waals surface area contributed by atoms with E-state index in [1.807, 2.05) is 25.1 Å². The fraction of sp³-hybridized carbons (Fsp3) is 0.625. The third-order valence-corrected chi connectivity index (χ3v) is 7.28. The number of carbonyl (C=O) groups is 1. The molecular formula is C24H34O5Si. The molecule has 0 spiro atoms. The van der Waals surface area contributed by atoms with Gasteiger partial charge in [0.1, 0.15) is 5.57 Å². The predicted molar refractivity (Wildman–Crippen MR) is 117 cm³/mol. The minimum absolute atomic E-state index is 0.00485. The highest BCUT2D eigenvalue weighted by molar-refractivity contribution is 6.69. The molecule has 1 saturated carbocycles. The number of hydrogen-bond acceptors (Lipinski definition) is 5. The zero-order valence-electron chi connectivity index (χ0n) is 19.0. The van der Waals surface area contributed by atoms with E-state index in [1.165, 1.54) is 12.8 Å². The molecule has 2 aliphatic heterocycles. The molecule has 4 rings (SSSR count). The number of hydrogen-bond donors (Lipinski definition) is 0. The van der Waals surface area contributed by atoms with Crippen molar-refractivity contribution in [2.24, 2.45) is 11.8 Å². The third kappa shape index (κ3) is 4.04. The van der Waals surface area contributed by atoms with Crippen LogP contribution in [0.15, 0.2) is 41.9 Å². The maximum absolute atomic E-state index is 13.2. The van der Waals surface area contributed by atoms with Crippen LogP contribution in [0, 0.1) is 11.8 Å². The van der Waals surface area contributed by atoms with Crippen molar-refractivity contribution in [1.29, 1.82) is 0 Å². The standard InChI is InChI=1S/C24H34O5Si/c1-23(2)26-21(25)19-18(16-12-8-7-9-13-16)20(17-14-10-11-15-17)24(3,28-22(19)27-23)29-30(4,5)6/h7-9,12-13,17-18,20H,10-11,14-15H2,1-6H3. The number of ether oxygens (including phenoxy) is 3. The van der Waals surface area contributed by atoms with Gasteiger partial charge in [-0.1, -0.05) is 43.2 Å². The topological polar surface area (TPSA) is 54.0 Å². The molecule has 164 valence electrons. The van der Waals surface area contributed by atoms with Crippen LogP contribution in [0.2, 0.25) is 19.6 Å². The second-order valence-electron chi connectivity index (χ2n) is 10.4. The number of esters is 1. The largest absolute Gasteiger partial charge is 0.433 e. The van der Waals surface area contributed by atoms with Crippen molar-refractivity contribution < 1.29 is 23.4 Å². The minimum Gasteiger partial charge on any atom is -0.433 e. The summed E-state index contributed by atoms with van der Waals surface area (Å²) in [6, 6.07) is 10.2. The van der Waals surface area contributed by atoms with Gasteiger partial charge in [-0.05, 0) is 44.0 Å². The molecule has 0 N–H and O–H groups in total. The molecule has 0 aromatic heterocycles. The van der Waals surface area contributed by atoms with Gasteiger partial charge in [0, 0.05) is 32.6 Å². The molecule has 3 unspecified atom stereocenters. The second-order valence-corrected chi connectivity index (χ2v) is 14.8. The van der Waals surface area contributed by atoms with Crippen LogP contribution in [-0.4, -0.2) is 25.9 Å². The normalized spacial score (nSPS) is 31.6. The number of benzene rings is 1. The summed E-state index contributed by atoms with van der Waals surface area (Å²) in [6.07, 6.45) is 4.63. The van der Waals surface area contributed by atoms with Crippen molar-refractivity contribution in [2.75, 3.05) is 0 Å². The highest BCUT2D eigenvalue weighted by atomic mass is 28.4. The Morgan fingerprint density at radius 2 is 1.60 bits per heavy atom. The first-order valence-electron chi connectivity index (χ1n) is 11.1. The van der Waals surface area contributed by atoms with Gasteiger partial charge in [0.25, 0.3) is 11.7 Å². The van der Waals surface area contributed by atoms with Crippen LogP contribution in [0.1, 0.15) is 57.9 Å². The Morgan fingerprint density at radius 1 is 0.967 bits per heavy atom. The Hall–Kier alpha value is -1.79. The molecule has 1 aromatic rings. The lowest BCUT2D eigenvalue weighted by atomic mass is 9.68. The summed E-state index contributed by atoms with van der Waals surface area (Å²) < 4.78 is 25.0. The maximum Gasteiger partial charge on any atom is 0.345 e. The van der Waals surface area contributed by atoms with Crippen LogP contribution < -0.4 is 0 Å². The van der Waals surface area contributed by atoms with Crippen LogP contribution >= 0.6 is 0 Å². The predicted octanol–water partition coefficient (Wildman–Crippen LogP) is 5.70. The van der Waals surface area contributed by atoms with Gasteiger partial charge >= 0.3 is 5.97 Å². The Labute approximate surface area is 180 Å². The first-order chi connectivity index (χ1) is 14.0. The van der Waals surface area contributed by atoms with E-state index in [0.29, 0.717) is 11.5 Å². The molecule has 1 aromatic carbocycles. The highest BCUT2D eigenvalue weighted by Crippen LogP contribution is 2.56. The molecule has 2 heterocycles. The van der Waals surface area contributed by atoms with Gasteiger partial charge in [0.15, 0.2) is 8.32 Å². The monoisotopic (exact) mass is 430 g/mol. The zero-order valence-corrected chi connectivity index (χ0v) is 20.0. The Morgan fingerprint density at radius 3 is 2.20 bits per heavy atom. The molecule has 0 radical (unpaired) electrons. The molecule has 30 heavy (non-hydrogen) atoms. The quantitative estimate of drug-likeness (QED) is 0.453. The number of cyclic esters (lactones) is 1. The van der Waals surface area contributed by atoms with Crippen molar-refractivity contribution in [3.8, 4) is 0 Å². The fourth-order valence-corrected chi connectivity index (χ4v) is 6.87. The second kappa shape index (κ2) is 7.41. The highest BCUT2D eigenvalue weighted by Gasteiger charge is 2.58. The molecule has 3 aliphatic rings. The van der Waals surface area contributed by atoms with Crippen molar-refractivity contribution in [1.82, 2.24) is 0 Å². The molecular weight excluding hydrogens is 396 g/mol. The summed E-state index contributed by atoms with van der Waals surface area (Å²) in [7, 11) is -1.97. The summed E-state index contributed by atoms with van der Waals surface area (Å²) in [5.41, 5.74) is 1.57. The SMILES string of the molecule is CC1(C)OC(=O)C2=C(O1)OC(C)(O[Si](C)(C)C)C(C1CCCC1)C2c1ccccc1. The van der Waals surface area contributed by atoms with E-state index in [-0.39, 0.29) is 23.8 Å². The molecule has 5 nitrogen and oxygen atoms in total. The Balaban J connectivity index is 1.91. The number of carbonyl (C=O) groups excluding carboxylic acids is 1. The van der Waals surface area contributed by atoms with Gasteiger partial charge in [-0.15, -0.1) is 0 Å². The average Bonchev–Trinajstić information content (AvgIpc) is 3.12. The lowest BCUT2D eigenvalue weighted by molar-refractivity contribution is -0.288. The van der Waals surface area contributed by atoms with Gasteiger partial charge in [0.05, 0.1) is 0 Å². The lowest BCUT2D eigenvalue weighted by Crippen LogP contribution is -2.57. The average molecular weight is 431 g/mol. The van der Waals surface area contributed by atoms with Gasteiger partial charge in [-0.25, -0.2) is 4.79 Å². The van der Waals surface area contributed by atoms with Crippen LogP contribution in [0.5, 0.6) is 0 Å². The summed E-state index contributed by atoms with van der Waals surface area (Å²) in [5, 5.41) is 0. The molecule has 0 bridgehead atoms. The Bertz CT molecular complexity index is 835. The van der Waals surface area contributed by atoms with Gasteiger partial charge in [-0.3, -0.25) is 0 Å². The van der Waals surface area contributed by atoms with E-state index in [2.05, 4.69) is 31.8 Å². The summed E-state index contributed by atoms with van der Waals surface area (Å²) in [4.78, 5) is 13.2. The lowest BCUT2D eigenvalue weighted by Gasteiger charge is -2.52. The first kappa shape index (κ1) is 21.4. The summed E-state index contributed by atoms with van der Waals surface area (Å²) in [5.74, 6) is -1.81. The minimum atomic E-state index is -1.97. The summed E-state index contributed by atoms with van der Waals surface area (Å²) >= 11 is 0. The van der Waals surface area contributed by atoms with Gasteiger partial charge in [0.2, 0.25) is 5.79 Å². The molecule has 1 fully saturated rings. The molecule has 0 saturated heterocycles. The van der Waals surface area contributed by atoms with Crippen molar-refractivity contribution in [3.63, 3.8) is 0 Å². The van der Waals surface area contributed by atoms with E-state index in [9.17, 15) is 4.79 Å². The van der Waals surface area contributed by atoms with Crippen molar-refractivity contribution >= 4 is 14.3 Å². The molecule has 0 amide bonds. The van der Waals surface area contributed by atoms with Crippen LogP contribution in [0.25, 0.3) is 0 Å². The van der Waals surface area contributed by atoms with E-state index in [4.69, 9.17) is 18.6 Å². The smallest absolute Gasteiger partial charge is 0.345 e. The number of rotatable bonds is 4. The fourth-order valence-electron chi connectivity index (χ4n) is 5.47.